The van der Waals surface area contributed by atoms with Gasteiger partial charge >= 0.3 is 5.97 Å². The van der Waals surface area contributed by atoms with E-state index in [-0.39, 0.29) is 18.1 Å². The summed E-state index contributed by atoms with van der Waals surface area (Å²) >= 11 is 0. The number of aliphatic hydroxyl groups excluding tert-OH is 1. The molecule has 0 saturated heterocycles. The predicted octanol–water partition coefficient (Wildman–Crippen LogP) is 2.37. The Morgan fingerprint density at radius 1 is 1.29 bits per heavy atom. The van der Waals surface area contributed by atoms with Crippen molar-refractivity contribution >= 4 is 17.5 Å². The highest BCUT2D eigenvalue weighted by molar-refractivity contribution is 6.12. The summed E-state index contributed by atoms with van der Waals surface area (Å²) in [6, 6.07) is 0. The van der Waals surface area contributed by atoms with Gasteiger partial charge in [0.1, 0.15) is 0 Å². The van der Waals surface area contributed by atoms with E-state index in [0.717, 1.165) is 30.5 Å². The molecule has 0 amide bonds. The minimum Gasteiger partial charge on any atom is -0.458 e. The molecular formula is C24H27NO6. The van der Waals surface area contributed by atoms with Gasteiger partial charge in [0.2, 0.25) is 5.78 Å². The van der Waals surface area contributed by atoms with Crippen LogP contribution < -0.4 is 5.48 Å². The largest absolute Gasteiger partial charge is 0.458 e. The summed E-state index contributed by atoms with van der Waals surface area (Å²) in [4.78, 5) is 44.7. The van der Waals surface area contributed by atoms with E-state index in [0.29, 0.717) is 17.6 Å². The lowest BCUT2D eigenvalue weighted by Crippen LogP contribution is -2.66. The van der Waals surface area contributed by atoms with E-state index in [1.54, 1.807) is 13.0 Å². The molecule has 0 bridgehead atoms. The first-order chi connectivity index (χ1) is 14.7. The molecule has 0 radical (unpaired) electrons. The van der Waals surface area contributed by atoms with Crippen molar-refractivity contribution in [2.24, 2.45) is 11.3 Å². The van der Waals surface area contributed by atoms with Crippen LogP contribution in [0.25, 0.3) is 0 Å². The Balaban J connectivity index is 1.70. The smallest absolute Gasteiger partial charge is 0.303 e. The Kier molecular flexibility index (Phi) is 4.44. The van der Waals surface area contributed by atoms with Crippen LogP contribution in [0.3, 0.4) is 0 Å². The van der Waals surface area contributed by atoms with Crippen molar-refractivity contribution in [3.05, 3.63) is 45.7 Å². The number of carbonyl (C=O) groups is 3. The standard InChI is InChI=1S/C24H27NO6/c1-12-7-18-19(27)9-17-16-8-14-5-4-6-15(14)22(16)25-31-24(17,21(29)11-30-13(2)26)23(18,3)10-20(12)28/h7,9,12,20,25,28H,4-6,8,10-11H2,1-3H3/t12-,20+,23+,24-/m1/s1. The number of fused-ring (bicyclic) bond motifs is 5. The van der Waals surface area contributed by atoms with Gasteiger partial charge in [-0.2, -0.15) is 0 Å². The number of hydrogen-bond acceptors (Lipinski definition) is 7. The number of hydrogen-bond donors (Lipinski definition) is 2. The predicted molar refractivity (Wildman–Crippen MR) is 110 cm³/mol. The summed E-state index contributed by atoms with van der Waals surface area (Å²) in [5.41, 5.74) is 5.71. The summed E-state index contributed by atoms with van der Waals surface area (Å²) in [7, 11) is 0. The fourth-order valence-corrected chi connectivity index (χ4v) is 6.09. The molecular weight excluding hydrogens is 398 g/mol. The number of ketones is 2. The first kappa shape index (κ1) is 20.4. The molecule has 1 heterocycles. The van der Waals surface area contributed by atoms with Crippen molar-refractivity contribution in [1.82, 2.24) is 5.48 Å². The molecule has 5 rings (SSSR count). The van der Waals surface area contributed by atoms with E-state index >= 15 is 0 Å². The number of allylic oxidation sites excluding steroid dienone is 3. The molecule has 0 aromatic heterocycles. The molecule has 5 aliphatic rings. The number of ether oxygens (including phenoxy) is 1. The van der Waals surface area contributed by atoms with E-state index in [1.807, 2.05) is 6.92 Å². The van der Waals surface area contributed by atoms with E-state index in [9.17, 15) is 19.5 Å². The maximum atomic E-state index is 13.7. The molecule has 0 unspecified atom stereocenters. The van der Waals surface area contributed by atoms with Gasteiger partial charge in [-0.15, -0.1) is 0 Å². The van der Waals surface area contributed by atoms with Crippen LogP contribution in [0.4, 0.5) is 0 Å². The van der Waals surface area contributed by atoms with Crippen molar-refractivity contribution in [2.45, 2.75) is 64.6 Å². The van der Waals surface area contributed by atoms with Gasteiger partial charge in [-0.3, -0.25) is 24.7 Å². The third-order valence-electron chi connectivity index (χ3n) is 7.70. The van der Waals surface area contributed by atoms with Crippen molar-refractivity contribution < 1.29 is 29.1 Å². The second-order valence-corrected chi connectivity index (χ2v) is 9.52. The Labute approximate surface area is 180 Å². The molecule has 0 aromatic rings. The zero-order chi connectivity index (χ0) is 22.1. The zero-order valence-corrected chi connectivity index (χ0v) is 18.0. The Hall–Kier alpha value is -2.51. The molecule has 4 atom stereocenters. The molecule has 2 N–H and O–H groups in total. The van der Waals surface area contributed by atoms with Gasteiger partial charge in [-0.25, -0.2) is 0 Å². The van der Waals surface area contributed by atoms with Crippen LogP contribution in [-0.2, 0) is 24.0 Å². The lowest BCUT2D eigenvalue weighted by Gasteiger charge is -2.55. The average Bonchev–Trinajstić information content (AvgIpc) is 3.30. The monoisotopic (exact) mass is 425 g/mol. The molecule has 7 nitrogen and oxygen atoms in total. The van der Waals surface area contributed by atoms with Crippen LogP contribution in [0.1, 0.15) is 52.9 Å². The van der Waals surface area contributed by atoms with Gasteiger partial charge in [-0.05, 0) is 49.3 Å². The van der Waals surface area contributed by atoms with Gasteiger partial charge in [0.15, 0.2) is 18.0 Å². The van der Waals surface area contributed by atoms with Crippen LogP contribution in [0.15, 0.2) is 45.7 Å². The van der Waals surface area contributed by atoms with Crippen molar-refractivity contribution in [3.8, 4) is 0 Å². The molecule has 164 valence electrons. The summed E-state index contributed by atoms with van der Waals surface area (Å²) in [6.07, 6.45) is 6.45. The molecule has 0 aromatic carbocycles. The SMILES string of the molecule is CC(=O)OCC(=O)[C@]12ONC3=C(CC4=C3CCC4)C1=CC(=O)C1=C[C@@H](C)[C@@H](O)C[C@@]12C. The van der Waals surface area contributed by atoms with E-state index < -0.39 is 35.5 Å². The van der Waals surface area contributed by atoms with Crippen LogP contribution >= 0.6 is 0 Å². The molecule has 0 fully saturated rings. The van der Waals surface area contributed by atoms with Crippen LogP contribution in [0, 0.1) is 11.3 Å². The molecule has 0 saturated carbocycles. The lowest BCUT2D eigenvalue weighted by atomic mass is 9.53. The Bertz CT molecular complexity index is 1050. The molecule has 7 heteroatoms. The number of hydroxylamine groups is 1. The zero-order valence-electron chi connectivity index (χ0n) is 18.0. The summed E-state index contributed by atoms with van der Waals surface area (Å²) in [5.74, 6) is -1.38. The van der Waals surface area contributed by atoms with Crippen molar-refractivity contribution in [2.75, 3.05) is 6.61 Å². The van der Waals surface area contributed by atoms with Gasteiger partial charge < -0.3 is 9.84 Å². The maximum absolute atomic E-state index is 13.7. The highest BCUT2D eigenvalue weighted by Crippen LogP contribution is 2.60. The van der Waals surface area contributed by atoms with Gasteiger partial charge in [0.25, 0.3) is 0 Å². The second kappa shape index (κ2) is 6.74. The summed E-state index contributed by atoms with van der Waals surface area (Å²) in [5, 5.41) is 10.7. The number of carbonyl (C=O) groups excluding carboxylic acids is 3. The quantitative estimate of drug-likeness (QED) is 0.670. The highest BCUT2D eigenvalue weighted by Gasteiger charge is 2.66. The fourth-order valence-electron chi connectivity index (χ4n) is 6.09. The molecule has 0 spiro atoms. The minimum absolute atomic E-state index is 0.156. The summed E-state index contributed by atoms with van der Waals surface area (Å²) < 4.78 is 5.07. The van der Waals surface area contributed by atoms with Crippen LogP contribution in [-0.4, -0.2) is 41.0 Å². The van der Waals surface area contributed by atoms with E-state index in [2.05, 4.69) is 5.48 Å². The first-order valence-corrected chi connectivity index (χ1v) is 10.9. The van der Waals surface area contributed by atoms with Crippen LogP contribution in [0.2, 0.25) is 0 Å². The van der Waals surface area contributed by atoms with Crippen LogP contribution in [0.5, 0.6) is 0 Å². The molecule has 4 aliphatic carbocycles. The first-order valence-electron chi connectivity index (χ1n) is 10.9. The normalized spacial score (nSPS) is 36.1. The topological polar surface area (TPSA) is 102 Å². The number of esters is 1. The fraction of sp³-hybridized carbons (Fsp3) is 0.542. The number of Topliss-reactive ketones (excluding diaryl/α,β-unsaturated/α-hetero) is 1. The van der Waals surface area contributed by atoms with Gasteiger partial charge in [-0.1, -0.05) is 25.5 Å². The van der Waals surface area contributed by atoms with Crippen molar-refractivity contribution in [3.63, 3.8) is 0 Å². The maximum Gasteiger partial charge on any atom is 0.303 e. The highest BCUT2D eigenvalue weighted by atomic mass is 16.7. The summed E-state index contributed by atoms with van der Waals surface area (Å²) in [6.45, 7) is 4.43. The van der Waals surface area contributed by atoms with E-state index in [4.69, 9.17) is 9.57 Å². The molecule has 1 aliphatic heterocycles. The second-order valence-electron chi connectivity index (χ2n) is 9.52. The Morgan fingerprint density at radius 2 is 2.06 bits per heavy atom. The van der Waals surface area contributed by atoms with Gasteiger partial charge in [0, 0.05) is 29.4 Å². The third kappa shape index (κ3) is 2.62. The molecule has 31 heavy (non-hydrogen) atoms. The number of aliphatic hydroxyl groups is 1. The number of nitrogens with one attached hydrogen (secondary N) is 1. The number of rotatable bonds is 3. The average molecular weight is 425 g/mol. The Morgan fingerprint density at radius 3 is 2.81 bits per heavy atom. The van der Waals surface area contributed by atoms with E-state index in [1.165, 1.54) is 24.1 Å². The third-order valence-corrected chi connectivity index (χ3v) is 7.70. The minimum atomic E-state index is -1.57. The lowest BCUT2D eigenvalue weighted by molar-refractivity contribution is -0.180. The van der Waals surface area contributed by atoms with Crippen molar-refractivity contribution in [1.29, 1.82) is 0 Å². The van der Waals surface area contributed by atoms with Gasteiger partial charge in [0.05, 0.1) is 11.8 Å².